The van der Waals surface area contributed by atoms with E-state index >= 15 is 0 Å². The van der Waals surface area contributed by atoms with Gasteiger partial charge in [0.1, 0.15) is 5.15 Å². The van der Waals surface area contributed by atoms with Gasteiger partial charge in [-0.05, 0) is 31.5 Å². The van der Waals surface area contributed by atoms with Gasteiger partial charge in [-0.2, -0.15) is 5.10 Å². The van der Waals surface area contributed by atoms with Gasteiger partial charge in [0.25, 0.3) is 5.91 Å². The smallest absolute Gasteiger partial charge is 0.256 e. The van der Waals surface area contributed by atoms with Crippen molar-refractivity contribution in [2.24, 2.45) is 7.05 Å². The third-order valence-corrected chi connectivity index (χ3v) is 3.68. The first-order valence-electron chi connectivity index (χ1n) is 7.16. The van der Waals surface area contributed by atoms with Crippen LogP contribution in [0.25, 0.3) is 0 Å². The summed E-state index contributed by atoms with van der Waals surface area (Å²) in [6.45, 7) is 3.95. The fourth-order valence-electron chi connectivity index (χ4n) is 2.13. The monoisotopic (exact) mass is 321 g/mol. The zero-order valence-corrected chi connectivity index (χ0v) is 13.5. The lowest BCUT2D eigenvalue weighted by atomic mass is 10.2. The van der Waals surface area contributed by atoms with Crippen LogP contribution in [0.5, 0.6) is 0 Å². The van der Waals surface area contributed by atoms with Crippen LogP contribution in [0.15, 0.2) is 24.5 Å². The topological polar surface area (TPSA) is 71.8 Å². The number of aryl methyl sites for hydroxylation is 2. The van der Waals surface area contributed by atoms with Crippen molar-refractivity contribution < 1.29 is 4.79 Å². The van der Waals surface area contributed by atoms with Crippen molar-refractivity contribution in [2.45, 2.75) is 19.9 Å². The summed E-state index contributed by atoms with van der Waals surface area (Å²) in [7, 11) is 1.72. The molecule has 0 bridgehead atoms. The average molecular weight is 322 g/mol. The van der Waals surface area contributed by atoms with Crippen LogP contribution in [-0.4, -0.2) is 33.8 Å². The maximum absolute atomic E-state index is 12.1. The molecule has 0 aliphatic carbocycles. The Labute approximate surface area is 134 Å². The van der Waals surface area contributed by atoms with Gasteiger partial charge in [-0.1, -0.05) is 17.7 Å². The summed E-state index contributed by atoms with van der Waals surface area (Å²) in [4.78, 5) is 16.1. The van der Waals surface area contributed by atoms with Gasteiger partial charge in [0, 0.05) is 32.5 Å². The van der Waals surface area contributed by atoms with Gasteiger partial charge in [-0.3, -0.25) is 14.5 Å². The molecular formula is C15H20ClN5O. The van der Waals surface area contributed by atoms with Crippen LogP contribution in [0.3, 0.4) is 0 Å². The molecule has 2 rings (SSSR count). The molecule has 2 aromatic heterocycles. The molecule has 0 aliphatic heterocycles. The van der Waals surface area contributed by atoms with Crippen molar-refractivity contribution in [1.29, 1.82) is 0 Å². The van der Waals surface area contributed by atoms with E-state index < -0.39 is 0 Å². The van der Waals surface area contributed by atoms with E-state index in [1.165, 1.54) is 4.68 Å². The van der Waals surface area contributed by atoms with Crippen LogP contribution >= 0.6 is 11.6 Å². The third-order valence-electron chi connectivity index (χ3n) is 3.25. The average Bonchev–Trinajstić information content (AvgIpc) is 2.76. The van der Waals surface area contributed by atoms with Gasteiger partial charge in [0.15, 0.2) is 0 Å². The summed E-state index contributed by atoms with van der Waals surface area (Å²) in [5.41, 5.74) is 2.23. The highest BCUT2D eigenvalue weighted by atomic mass is 35.5. The molecular weight excluding hydrogens is 302 g/mol. The first-order valence-corrected chi connectivity index (χ1v) is 7.54. The van der Waals surface area contributed by atoms with E-state index in [1.54, 1.807) is 20.2 Å². The predicted octanol–water partition coefficient (Wildman–Crippen LogP) is 1.69. The number of nitrogens with one attached hydrogen (secondary N) is 2. The second-order valence-electron chi connectivity index (χ2n) is 5.02. The number of carbonyl (C=O) groups excluding carboxylic acids is 1. The van der Waals surface area contributed by atoms with Gasteiger partial charge < -0.3 is 10.6 Å². The van der Waals surface area contributed by atoms with Crippen LogP contribution < -0.4 is 10.6 Å². The number of amides is 1. The summed E-state index contributed by atoms with van der Waals surface area (Å²) in [5, 5.41) is 10.7. The Morgan fingerprint density at radius 1 is 1.41 bits per heavy atom. The number of pyridine rings is 1. The number of nitrogens with zero attached hydrogens (tertiary/aromatic N) is 3. The minimum absolute atomic E-state index is 0.178. The molecule has 22 heavy (non-hydrogen) atoms. The van der Waals surface area contributed by atoms with Crippen LogP contribution in [0.1, 0.15) is 28.0 Å². The fourth-order valence-corrected chi connectivity index (χ4v) is 2.39. The van der Waals surface area contributed by atoms with Gasteiger partial charge in [-0.15, -0.1) is 0 Å². The quantitative estimate of drug-likeness (QED) is 0.761. The summed E-state index contributed by atoms with van der Waals surface area (Å²) in [5.74, 6) is -0.178. The minimum Gasteiger partial charge on any atom is -0.352 e. The van der Waals surface area contributed by atoms with E-state index in [9.17, 15) is 4.79 Å². The van der Waals surface area contributed by atoms with E-state index in [0.717, 1.165) is 25.1 Å². The maximum atomic E-state index is 12.1. The number of rotatable bonds is 7. The van der Waals surface area contributed by atoms with E-state index in [0.29, 0.717) is 23.0 Å². The Kier molecular flexibility index (Phi) is 5.91. The van der Waals surface area contributed by atoms with Crippen LogP contribution in [-0.2, 0) is 13.6 Å². The molecule has 0 aromatic carbocycles. The Morgan fingerprint density at radius 2 is 2.23 bits per heavy atom. The predicted molar refractivity (Wildman–Crippen MR) is 85.8 cm³/mol. The van der Waals surface area contributed by atoms with E-state index in [2.05, 4.69) is 20.7 Å². The maximum Gasteiger partial charge on any atom is 0.256 e. The van der Waals surface area contributed by atoms with Crippen molar-refractivity contribution >= 4 is 17.5 Å². The Bertz CT molecular complexity index is 626. The third kappa shape index (κ3) is 4.29. The lowest BCUT2D eigenvalue weighted by Gasteiger charge is -2.06. The minimum atomic E-state index is -0.178. The van der Waals surface area contributed by atoms with Gasteiger partial charge in [0.2, 0.25) is 0 Å². The number of hydrogen-bond acceptors (Lipinski definition) is 4. The molecule has 0 aliphatic rings. The zero-order chi connectivity index (χ0) is 15.9. The molecule has 7 heteroatoms. The molecule has 0 saturated carbocycles. The van der Waals surface area contributed by atoms with Crippen LogP contribution in [0, 0.1) is 6.92 Å². The Balaban J connectivity index is 1.67. The first-order chi connectivity index (χ1) is 10.6. The summed E-state index contributed by atoms with van der Waals surface area (Å²) < 4.78 is 1.50. The largest absolute Gasteiger partial charge is 0.352 e. The van der Waals surface area contributed by atoms with Crippen molar-refractivity contribution in [3.8, 4) is 0 Å². The molecule has 118 valence electrons. The molecule has 6 nitrogen and oxygen atoms in total. The molecule has 2 heterocycles. The zero-order valence-electron chi connectivity index (χ0n) is 12.8. The highest BCUT2D eigenvalue weighted by Crippen LogP contribution is 2.18. The SMILES string of the molecule is Cc1nn(C)c(Cl)c1C(=O)NCCCNCc1cccnc1. The lowest BCUT2D eigenvalue weighted by molar-refractivity contribution is 0.0952. The van der Waals surface area contributed by atoms with Crippen molar-refractivity contribution in [1.82, 2.24) is 25.4 Å². The Morgan fingerprint density at radius 3 is 2.86 bits per heavy atom. The molecule has 0 saturated heterocycles. The van der Waals surface area contributed by atoms with Gasteiger partial charge in [-0.25, -0.2) is 0 Å². The molecule has 0 radical (unpaired) electrons. The lowest BCUT2D eigenvalue weighted by Crippen LogP contribution is -2.27. The molecule has 0 spiro atoms. The standard InChI is InChI=1S/C15H20ClN5O/c1-11-13(14(16)21(2)20-11)15(22)19-8-4-7-18-10-12-5-3-6-17-9-12/h3,5-6,9,18H,4,7-8,10H2,1-2H3,(H,19,22). The summed E-state index contributed by atoms with van der Waals surface area (Å²) in [6.07, 6.45) is 4.43. The number of carbonyl (C=O) groups is 1. The number of halogens is 1. The van der Waals surface area contributed by atoms with E-state index in [1.807, 2.05) is 18.3 Å². The molecule has 0 fully saturated rings. The van der Waals surface area contributed by atoms with Crippen LogP contribution in [0.4, 0.5) is 0 Å². The normalized spacial score (nSPS) is 10.7. The van der Waals surface area contributed by atoms with Crippen molar-refractivity contribution in [3.63, 3.8) is 0 Å². The molecule has 2 aromatic rings. The first kappa shape index (κ1) is 16.5. The second-order valence-corrected chi connectivity index (χ2v) is 5.38. The number of aromatic nitrogens is 3. The van der Waals surface area contributed by atoms with Gasteiger partial charge in [0.05, 0.1) is 11.3 Å². The summed E-state index contributed by atoms with van der Waals surface area (Å²) >= 11 is 6.06. The van der Waals surface area contributed by atoms with E-state index in [4.69, 9.17) is 11.6 Å². The molecule has 0 atom stereocenters. The van der Waals surface area contributed by atoms with Crippen molar-refractivity contribution in [2.75, 3.05) is 13.1 Å². The highest BCUT2D eigenvalue weighted by molar-refractivity contribution is 6.33. The highest BCUT2D eigenvalue weighted by Gasteiger charge is 2.18. The molecule has 2 N–H and O–H groups in total. The molecule has 0 unspecified atom stereocenters. The number of hydrogen-bond donors (Lipinski definition) is 2. The summed E-state index contributed by atoms with van der Waals surface area (Å²) in [6, 6.07) is 3.94. The molecule has 1 amide bonds. The fraction of sp³-hybridized carbons (Fsp3) is 0.400. The van der Waals surface area contributed by atoms with Crippen molar-refractivity contribution in [3.05, 3.63) is 46.5 Å². The van der Waals surface area contributed by atoms with E-state index in [-0.39, 0.29) is 5.91 Å². The van der Waals surface area contributed by atoms with Crippen LogP contribution in [0.2, 0.25) is 5.15 Å². The Hall–Kier alpha value is -1.92. The second kappa shape index (κ2) is 7.91. The van der Waals surface area contributed by atoms with Gasteiger partial charge >= 0.3 is 0 Å².